The fourth-order valence-corrected chi connectivity index (χ4v) is 3.78. The number of piperidine rings is 1. The van der Waals surface area contributed by atoms with Crippen molar-refractivity contribution in [1.82, 2.24) is 9.80 Å². The first-order valence-electron chi connectivity index (χ1n) is 8.79. The number of guanidine groups is 1. The van der Waals surface area contributed by atoms with Crippen LogP contribution in [0.4, 0.5) is 4.79 Å². The Balaban J connectivity index is 0.00000312. The standard InChI is InChI=1S/C17H32N4O2S.HI/c1-16(2,3)23-15(22)21-7-5-17(4,6-8-21)13-19-14(18)20-9-11-24-12-10-20;/h5-13H2,1-4H3,(H2,18,19);1H. The van der Waals surface area contributed by atoms with Gasteiger partial charge in [0, 0.05) is 44.2 Å². The number of hydrogen-bond acceptors (Lipinski definition) is 4. The molecular formula is C17H33IN4O2S. The highest BCUT2D eigenvalue weighted by Gasteiger charge is 2.33. The molecule has 0 saturated carbocycles. The molecule has 25 heavy (non-hydrogen) atoms. The summed E-state index contributed by atoms with van der Waals surface area (Å²) in [6.45, 7) is 12.1. The van der Waals surface area contributed by atoms with Gasteiger partial charge in [-0.3, -0.25) is 4.99 Å². The van der Waals surface area contributed by atoms with Gasteiger partial charge in [0.1, 0.15) is 5.60 Å². The van der Waals surface area contributed by atoms with Gasteiger partial charge in [-0.15, -0.1) is 24.0 Å². The van der Waals surface area contributed by atoms with Crippen LogP contribution in [0.5, 0.6) is 0 Å². The Morgan fingerprint density at radius 2 is 1.72 bits per heavy atom. The monoisotopic (exact) mass is 484 g/mol. The quantitative estimate of drug-likeness (QED) is 0.371. The number of nitrogens with two attached hydrogens (primary N) is 1. The summed E-state index contributed by atoms with van der Waals surface area (Å²) in [5.41, 5.74) is 5.82. The summed E-state index contributed by atoms with van der Waals surface area (Å²) >= 11 is 1.97. The largest absolute Gasteiger partial charge is 0.444 e. The van der Waals surface area contributed by atoms with Crippen LogP contribution in [-0.4, -0.2) is 71.7 Å². The van der Waals surface area contributed by atoms with E-state index in [1.807, 2.05) is 37.4 Å². The summed E-state index contributed by atoms with van der Waals surface area (Å²) in [7, 11) is 0. The molecule has 2 rings (SSSR count). The Bertz CT molecular complexity index is 468. The van der Waals surface area contributed by atoms with Gasteiger partial charge in [-0.1, -0.05) is 6.92 Å². The lowest BCUT2D eigenvalue weighted by molar-refractivity contribution is 0.0127. The van der Waals surface area contributed by atoms with Gasteiger partial charge in [-0.2, -0.15) is 11.8 Å². The molecule has 2 N–H and O–H groups in total. The van der Waals surface area contributed by atoms with Crippen molar-refractivity contribution in [1.29, 1.82) is 0 Å². The van der Waals surface area contributed by atoms with Crippen molar-refractivity contribution in [3.63, 3.8) is 0 Å². The Morgan fingerprint density at radius 3 is 2.24 bits per heavy atom. The van der Waals surface area contributed by atoms with Gasteiger partial charge in [0.15, 0.2) is 5.96 Å². The number of ether oxygens (including phenoxy) is 1. The molecule has 2 heterocycles. The van der Waals surface area contributed by atoms with Crippen molar-refractivity contribution in [2.45, 2.75) is 46.1 Å². The first-order valence-corrected chi connectivity index (χ1v) is 9.95. The van der Waals surface area contributed by atoms with Gasteiger partial charge < -0.3 is 20.3 Å². The van der Waals surface area contributed by atoms with Crippen LogP contribution in [0.3, 0.4) is 0 Å². The van der Waals surface area contributed by atoms with E-state index < -0.39 is 5.60 Å². The van der Waals surface area contributed by atoms with Gasteiger partial charge in [0.05, 0.1) is 0 Å². The third kappa shape index (κ3) is 7.40. The van der Waals surface area contributed by atoms with Crippen LogP contribution >= 0.6 is 35.7 Å². The lowest BCUT2D eigenvalue weighted by atomic mass is 9.80. The van der Waals surface area contributed by atoms with Crippen LogP contribution in [-0.2, 0) is 4.74 Å². The van der Waals surface area contributed by atoms with Crippen molar-refractivity contribution in [2.24, 2.45) is 16.1 Å². The molecule has 0 aromatic rings. The molecule has 2 aliphatic heterocycles. The fraction of sp³-hybridized carbons (Fsp3) is 0.882. The number of carbonyl (C=O) groups excluding carboxylic acids is 1. The number of halogens is 1. The highest BCUT2D eigenvalue weighted by Crippen LogP contribution is 2.32. The second-order valence-electron chi connectivity index (χ2n) is 8.05. The normalized spacial score (nSPS) is 21.5. The predicted molar refractivity (Wildman–Crippen MR) is 116 cm³/mol. The Kier molecular flexibility index (Phi) is 8.63. The van der Waals surface area contributed by atoms with Gasteiger partial charge in [0.2, 0.25) is 0 Å². The van der Waals surface area contributed by atoms with Crippen molar-refractivity contribution in [3.05, 3.63) is 0 Å². The van der Waals surface area contributed by atoms with E-state index in [0.717, 1.165) is 57.1 Å². The van der Waals surface area contributed by atoms with Crippen LogP contribution in [0.1, 0.15) is 40.5 Å². The first kappa shape index (κ1) is 22.7. The zero-order valence-electron chi connectivity index (χ0n) is 15.9. The predicted octanol–water partition coefficient (Wildman–Crippen LogP) is 3.01. The maximum Gasteiger partial charge on any atom is 0.410 e. The summed E-state index contributed by atoms with van der Waals surface area (Å²) in [6.07, 6.45) is 1.65. The number of nitrogens with zero attached hydrogens (tertiary/aromatic N) is 3. The molecule has 0 aromatic carbocycles. The number of aliphatic imine (C=N–C) groups is 1. The third-order valence-corrected chi connectivity index (χ3v) is 5.52. The Labute approximate surface area is 173 Å². The van der Waals surface area contributed by atoms with Crippen molar-refractivity contribution < 1.29 is 9.53 Å². The lowest BCUT2D eigenvalue weighted by Gasteiger charge is -2.39. The van der Waals surface area contributed by atoms with Crippen LogP contribution in [0, 0.1) is 5.41 Å². The molecule has 2 saturated heterocycles. The fourth-order valence-electron chi connectivity index (χ4n) is 2.88. The van der Waals surface area contributed by atoms with E-state index in [1.165, 1.54) is 0 Å². The van der Waals surface area contributed by atoms with E-state index in [2.05, 4.69) is 16.8 Å². The summed E-state index contributed by atoms with van der Waals surface area (Å²) in [4.78, 5) is 20.8. The number of thioether (sulfide) groups is 1. The summed E-state index contributed by atoms with van der Waals surface area (Å²) in [6, 6.07) is 0. The molecule has 6 nitrogen and oxygen atoms in total. The smallest absolute Gasteiger partial charge is 0.410 e. The molecule has 8 heteroatoms. The lowest BCUT2D eigenvalue weighted by Crippen LogP contribution is -2.46. The topological polar surface area (TPSA) is 71.2 Å². The van der Waals surface area contributed by atoms with E-state index in [9.17, 15) is 4.79 Å². The number of likely N-dealkylation sites (tertiary alicyclic amines) is 1. The zero-order chi connectivity index (χ0) is 17.8. The second kappa shape index (κ2) is 9.53. The molecular weight excluding hydrogens is 451 g/mol. The minimum atomic E-state index is -0.441. The number of amides is 1. The highest BCUT2D eigenvalue weighted by molar-refractivity contribution is 14.0. The number of carbonyl (C=O) groups is 1. The van der Waals surface area contributed by atoms with Crippen molar-refractivity contribution in [3.8, 4) is 0 Å². The second-order valence-corrected chi connectivity index (χ2v) is 9.28. The molecule has 0 radical (unpaired) electrons. The minimum absolute atomic E-state index is 0. The molecule has 0 spiro atoms. The molecule has 2 fully saturated rings. The third-order valence-electron chi connectivity index (χ3n) is 4.58. The maximum absolute atomic E-state index is 12.1. The van der Waals surface area contributed by atoms with E-state index >= 15 is 0 Å². The van der Waals surface area contributed by atoms with Crippen molar-refractivity contribution in [2.75, 3.05) is 44.2 Å². The molecule has 2 aliphatic rings. The van der Waals surface area contributed by atoms with Crippen LogP contribution in [0.25, 0.3) is 0 Å². The van der Waals surface area contributed by atoms with Crippen molar-refractivity contribution >= 4 is 47.8 Å². The minimum Gasteiger partial charge on any atom is -0.444 e. The number of hydrogen-bond donors (Lipinski definition) is 1. The maximum atomic E-state index is 12.1. The van der Waals surface area contributed by atoms with E-state index in [0.29, 0.717) is 5.96 Å². The molecule has 0 unspecified atom stereocenters. The average molecular weight is 484 g/mol. The van der Waals surface area contributed by atoms with Crippen LogP contribution in [0.2, 0.25) is 0 Å². The Hall–Kier alpha value is -0.380. The molecule has 0 bridgehead atoms. The summed E-state index contributed by atoms with van der Waals surface area (Å²) in [5.74, 6) is 2.92. The first-order chi connectivity index (χ1) is 11.2. The molecule has 0 aromatic heterocycles. The Morgan fingerprint density at radius 1 is 1.16 bits per heavy atom. The van der Waals surface area contributed by atoms with E-state index in [4.69, 9.17) is 10.5 Å². The molecule has 0 aliphatic carbocycles. The summed E-state index contributed by atoms with van der Waals surface area (Å²) in [5, 5.41) is 0. The average Bonchev–Trinajstić information content (AvgIpc) is 2.52. The van der Waals surface area contributed by atoms with Gasteiger partial charge in [-0.05, 0) is 39.0 Å². The SMILES string of the molecule is CC1(CN=C(N)N2CCSCC2)CCN(C(=O)OC(C)(C)C)CC1.I. The van der Waals surface area contributed by atoms with Gasteiger partial charge >= 0.3 is 6.09 Å². The van der Waals surface area contributed by atoms with E-state index in [-0.39, 0.29) is 35.5 Å². The van der Waals surface area contributed by atoms with Crippen LogP contribution < -0.4 is 5.73 Å². The molecule has 0 atom stereocenters. The molecule has 146 valence electrons. The zero-order valence-corrected chi connectivity index (χ0v) is 19.1. The highest BCUT2D eigenvalue weighted by atomic mass is 127. The summed E-state index contributed by atoms with van der Waals surface area (Å²) < 4.78 is 5.45. The van der Waals surface area contributed by atoms with E-state index in [1.54, 1.807) is 0 Å². The van der Waals surface area contributed by atoms with Gasteiger partial charge in [0.25, 0.3) is 0 Å². The molecule has 1 amide bonds. The number of rotatable bonds is 2. The van der Waals surface area contributed by atoms with Crippen LogP contribution in [0.15, 0.2) is 4.99 Å². The van der Waals surface area contributed by atoms with Gasteiger partial charge in [-0.25, -0.2) is 4.79 Å².